The summed E-state index contributed by atoms with van der Waals surface area (Å²) in [6, 6.07) is 26.4. The summed E-state index contributed by atoms with van der Waals surface area (Å²) < 4.78 is 67.6. The van der Waals surface area contributed by atoms with Gasteiger partial charge in [0.05, 0.1) is 60.7 Å². The Bertz CT molecular complexity index is 3320. The number of thiol groups is 1. The van der Waals surface area contributed by atoms with E-state index in [9.17, 15) is 36.9 Å². The van der Waals surface area contributed by atoms with Crippen LogP contribution in [0.4, 0.5) is 28.4 Å². The van der Waals surface area contributed by atoms with E-state index in [2.05, 4.69) is 40.4 Å². The highest BCUT2D eigenvalue weighted by molar-refractivity contribution is 7.86. The summed E-state index contributed by atoms with van der Waals surface area (Å²) in [6.07, 6.45) is 3.39. The lowest BCUT2D eigenvalue weighted by Crippen LogP contribution is -2.49. The van der Waals surface area contributed by atoms with Gasteiger partial charge in [0.1, 0.15) is 13.2 Å². The maximum absolute atomic E-state index is 14.4. The van der Waals surface area contributed by atoms with Crippen LogP contribution in [0.15, 0.2) is 91.0 Å². The maximum atomic E-state index is 14.4. The monoisotopic (exact) mass is 1130 g/mol. The van der Waals surface area contributed by atoms with E-state index in [-0.39, 0.29) is 98.0 Å². The quantitative estimate of drug-likeness (QED) is 0.0199. The predicted octanol–water partition coefficient (Wildman–Crippen LogP) is 6.65. The first-order valence-electron chi connectivity index (χ1n) is 26.9. The van der Waals surface area contributed by atoms with Crippen molar-refractivity contribution < 1.29 is 60.6 Å². The molecule has 5 aliphatic rings. The highest BCUT2D eigenvalue weighted by atomic mass is 32.2. The molecule has 0 spiro atoms. The average molecular weight is 1130 g/mol. The van der Waals surface area contributed by atoms with Crippen molar-refractivity contribution in [2.24, 2.45) is 0 Å². The number of amides is 5. The summed E-state index contributed by atoms with van der Waals surface area (Å²) in [5.41, 5.74) is 6.81. The number of benzene rings is 5. The first-order chi connectivity index (χ1) is 38.6. The molecule has 0 aliphatic carbocycles. The van der Waals surface area contributed by atoms with Crippen molar-refractivity contribution in [3.05, 3.63) is 124 Å². The molecule has 4 atom stereocenters. The standard InChI is InChI=1S/C58H65N7O13S2/c1-4-5-20-76-21-19-62(17-10-15-53(66)59-16-18-63-54(67)31-52(79)58(63)70)39-23-35(33-77-50-29-43-41(27-48(50)74-2)56(68)64-40(32-60-43)25-37-11-6-8-13-45(37)64)22-36(24-39)34-78-51-30-44-42(28-49(51)75-3)57(69)65-46-14-9-7-12-38(46)26-47(65)55(61-44)80(71,72)73/h6-9,11-14,22-24,27-30,40,47,52,55,60-61,79H,4-5,10,15-21,25-26,31-34H2,1-3H3,(H,59,66)(H,71,72,73)/t40-,47-,52?,55?/m0/s1. The van der Waals surface area contributed by atoms with Crippen molar-refractivity contribution in [1.82, 2.24) is 10.2 Å². The Balaban J connectivity index is 0.931. The van der Waals surface area contributed by atoms with Crippen LogP contribution in [0, 0.1) is 0 Å². The number of hydrogen-bond donors (Lipinski definition) is 5. The number of likely N-dealkylation sites (tertiary alicyclic amines) is 1. The van der Waals surface area contributed by atoms with Gasteiger partial charge < -0.3 is 54.3 Å². The average Bonchev–Trinajstić information content (AvgIpc) is 4.15. The first-order valence-corrected chi connectivity index (χ1v) is 28.9. The lowest BCUT2D eigenvalue weighted by atomic mass is 10.1. The van der Waals surface area contributed by atoms with E-state index in [1.54, 1.807) is 24.3 Å². The second kappa shape index (κ2) is 24.1. The molecule has 22 heteroatoms. The van der Waals surface area contributed by atoms with Gasteiger partial charge >= 0.3 is 0 Å². The van der Waals surface area contributed by atoms with Gasteiger partial charge in [-0.05, 0) is 90.4 Å². The molecule has 0 aromatic heterocycles. The van der Waals surface area contributed by atoms with E-state index in [1.807, 2.05) is 59.5 Å². The fourth-order valence-corrected chi connectivity index (χ4v) is 12.3. The van der Waals surface area contributed by atoms with Crippen LogP contribution in [-0.4, -0.2) is 130 Å². The number of hydrogen-bond acceptors (Lipinski definition) is 16. The highest BCUT2D eigenvalue weighted by Gasteiger charge is 2.47. The number of ether oxygens (including phenoxy) is 5. The van der Waals surface area contributed by atoms with Crippen LogP contribution >= 0.6 is 12.6 Å². The molecule has 1 fully saturated rings. The Morgan fingerprint density at radius 1 is 0.762 bits per heavy atom. The Morgan fingerprint density at radius 2 is 1.39 bits per heavy atom. The van der Waals surface area contributed by atoms with Crippen LogP contribution in [0.3, 0.4) is 0 Å². The van der Waals surface area contributed by atoms with Crippen LogP contribution < -0.4 is 49.6 Å². The van der Waals surface area contributed by atoms with Gasteiger partial charge in [0.2, 0.25) is 17.7 Å². The third kappa shape index (κ3) is 11.7. The number of methoxy groups -OCH3 is 2. The maximum Gasteiger partial charge on any atom is 0.288 e. The van der Waals surface area contributed by atoms with Gasteiger partial charge in [-0.3, -0.25) is 33.4 Å². The zero-order valence-corrected chi connectivity index (χ0v) is 46.5. The van der Waals surface area contributed by atoms with Crippen LogP contribution in [-0.2, 0) is 55.3 Å². The molecule has 0 radical (unpaired) electrons. The lowest BCUT2D eigenvalue weighted by Gasteiger charge is -2.27. The zero-order valence-electron chi connectivity index (χ0n) is 44.8. The number of carbonyl (C=O) groups is 5. The van der Waals surface area contributed by atoms with Gasteiger partial charge in [-0.15, -0.1) is 0 Å². The summed E-state index contributed by atoms with van der Waals surface area (Å²) in [4.78, 5) is 73.0. The number of imide groups is 1. The Kier molecular flexibility index (Phi) is 16.8. The van der Waals surface area contributed by atoms with Gasteiger partial charge in [0.15, 0.2) is 28.4 Å². The second-order valence-corrected chi connectivity index (χ2v) is 22.6. The third-order valence-electron chi connectivity index (χ3n) is 15.1. The van der Waals surface area contributed by atoms with Crippen molar-refractivity contribution in [1.29, 1.82) is 0 Å². The van der Waals surface area contributed by atoms with Gasteiger partial charge in [-0.1, -0.05) is 49.7 Å². The molecule has 0 saturated carbocycles. The molecule has 10 rings (SSSR count). The van der Waals surface area contributed by atoms with Gasteiger partial charge in [0, 0.05) is 81.4 Å². The molecule has 2 unspecified atom stereocenters. The number of rotatable bonds is 23. The van der Waals surface area contributed by atoms with E-state index >= 15 is 0 Å². The van der Waals surface area contributed by atoms with E-state index < -0.39 is 32.7 Å². The number of fused-ring (bicyclic) bond motifs is 8. The van der Waals surface area contributed by atoms with Crippen LogP contribution in [0.5, 0.6) is 23.0 Å². The fourth-order valence-electron chi connectivity index (χ4n) is 11.1. The molecule has 5 heterocycles. The van der Waals surface area contributed by atoms with Crippen LogP contribution in [0.25, 0.3) is 0 Å². The molecule has 5 amide bonds. The molecule has 0 bridgehead atoms. The van der Waals surface area contributed by atoms with Crippen molar-refractivity contribution in [3.63, 3.8) is 0 Å². The van der Waals surface area contributed by atoms with E-state index in [1.165, 1.54) is 31.3 Å². The summed E-state index contributed by atoms with van der Waals surface area (Å²) in [6.45, 7) is 4.62. The second-order valence-electron chi connectivity index (χ2n) is 20.4. The minimum Gasteiger partial charge on any atom is -0.493 e. The zero-order chi connectivity index (χ0) is 56.2. The molecule has 5 aromatic carbocycles. The summed E-state index contributed by atoms with van der Waals surface area (Å²) in [5, 5.41) is 7.05. The fraction of sp³-hybridized carbons (Fsp3) is 0.397. The smallest absolute Gasteiger partial charge is 0.288 e. The molecule has 5 aromatic rings. The van der Waals surface area contributed by atoms with Gasteiger partial charge in [-0.2, -0.15) is 21.0 Å². The predicted molar refractivity (Wildman–Crippen MR) is 304 cm³/mol. The summed E-state index contributed by atoms with van der Waals surface area (Å²) in [5.74, 6) is -0.395. The lowest BCUT2D eigenvalue weighted by molar-refractivity contribution is -0.138. The van der Waals surface area contributed by atoms with Crippen molar-refractivity contribution in [2.75, 3.05) is 85.5 Å². The van der Waals surface area contributed by atoms with E-state index in [4.69, 9.17) is 23.7 Å². The summed E-state index contributed by atoms with van der Waals surface area (Å²) in [7, 11) is -1.80. The molecule has 1 saturated heterocycles. The first kappa shape index (κ1) is 55.8. The minimum atomic E-state index is -4.76. The number of nitrogens with one attached hydrogen (secondary N) is 3. The van der Waals surface area contributed by atoms with E-state index in [0.29, 0.717) is 73.3 Å². The third-order valence-corrected chi connectivity index (χ3v) is 16.6. The number of carbonyl (C=O) groups excluding carboxylic acids is 5. The van der Waals surface area contributed by atoms with E-state index in [0.717, 1.165) is 52.2 Å². The topological polar surface area (TPSA) is 235 Å². The SMILES string of the molecule is CCCCOCCN(CCCC(=O)NCCN1C(=O)CC(S)C1=O)c1cc(COc2cc3c(cc2OC)C(=O)N2c4ccccc4C[C@H]2CN3)cc(COc2cc3c(cc2OC)C(=O)N2c4ccccc4C[C@H]2C(S(=O)(=O)O)N3)c1. The molecular formula is C58H65N7O13S2. The largest absolute Gasteiger partial charge is 0.493 e. The molecule has 422 valence electrons. The van der Waals surface area contributed by atoms with Crippen molar-refractivity contribution >= 4 is 80.7 Å². The summed E-state index contributed by atoms with van der Waals surface area (Å²) >= 11 is 4.19. The van der Waals surface area contributed by atoms with Gasteiger partial charge in [-0.25, -0.2) is 0 Å². The Morgan fingerprint density at radius 3 is 2.02 bits per heavy atom. The number of para-hydroxylation sites is 2. The normalized spacial score (nSPS) is 18.9. The van der Waals surface area contributed by atoms with Crippen molar-refractivity contribution in [3.8, 4) is 23.0 Å². The highest BCUT2D eigenvalue weighted by Crippen LogP contribution is 2.44. The minimum absolute atomic E-state index is 0.0315. The van der Waals surface area contributed by atoms with Crippen molar-refractivity contribution in [2.45, 2.75) is 87.8 Å². The van der Waals surface area contributed by atoms with Crippen LogP contribution in [0.1, 0.15) is 82.0 Å². The number of unbranched alkanes of at least 4 members (excludes halogenated alkanes) is 1. The molecule has 80 heavy (non-hydrogen) atoms. The van der Waals surface area contributed by atoms with Gasteiger partial charge in [0.25, 0.3) is 21.9 Å². The van der Waals surface area contributed by atoms with Crippen LogP contribution in [0.2, 0.25) is 0 Å². The molecular weight excluding hydrogens is 1070 g/mol. The molecule has 4 N–H and O–H groups in total. The Hall–Kier alpha value is -7.53. The number of nitrogens with zero attached hydrogens (tertiary/aromatic N) is 4. The number of anilines is 5. The molecule has 5 aliphatic heterocycles. The molecule has 20 nitrogen and oxygen atoms in total. The Labute approximate surface area is 470 Å².